The number of pyridine rings is 1. The number of fused-ring (bicyclic) bond motifs is 1. The van der Waals surface area contributed by atoms with Crippen LogP contribution in [-0.4, -0.2) is 31.0 Å². The maximum absolute atomic E-state index is 12.0. The van der Waals surface area contributed by atoms with E-state index in [9.17, 15) is 4.79 Å². The van der Waals surface area contributed by atoms with Crippen molar-refractivity contribution in [1.29, 1.82) is 0 Å². The van der Waals surface area contributed by atoms with E-state index in [1.807, 2.05) is 41.8 Å². The van der Waals surface area contributed by atoms with Crippen molar-refractivity contribution < 1.29 is 9.21 Å². The summed E-state index contributed by atoms with van der Waals surface area (Å²) in [5.41, 5.74) is 3.92. The van der Waals surface area contributed by atoms with E-state index >= 15 is 0 Å². The molecule has 29 heavy (non-hydrogen) atoms. The first-order valence-electron chi connectivity index (χ1n) is 9.72. The number of rotatable bonds is 6. The summed E-state index contributed by atoms with van der Waals surface area (Å²) < 4.78 is 7.65. The summed E-state index contributed by atoms with van der Waals surface area (Å²) in [6.07, 6.45) is 6.60. The Bertz CT molecular complexity index is 1170. The minimum atomic E-state index is -0.0821. The largest absolute Gasteiger partial charge is 0.424 e. The van der Waals surface area contributed by atoms with E-state index in [2.05, 4.69) is 44.9 Å². The predicted octanol–water partition coefficient (Wildman–Crippen LogP) is 3.19. The van der Waals surface area contributed by atoms with Gasteiger partial charge in [0.25, 0.3) is 0 Å². The summed E-state index contributed by atoms with van der Waals surface area (Å²) >= 11 is 0. The molecule has 1 amide bonds. The summed E-state index contributed by atoms with van der Waals surface area (Å²) in [6.45, 7) is 2.04. The van der Waals surface area contributed by atoms with Gasteiger partial charge in [0.05, 0.1) is 12.1 Å². The lowest BCUT2D eigenvalue weighted by Gasteiger charge is -2.09. The van der Waals surface area contributed by atoms with Crippen molar-refractivity contribution in [3.8, 4) is 11.1 Å². The summed E-state index contributed by atoms with van der Waals surface area (Å²) in [6, 6.07) is 14.3. The van der Waals surface area contributed by atoms with Gasteiger partial charge in [-0.1, -0.05) is 30.3 Å². The van der Waals surface area contributed by atoms with Crippen LogP contribution in [0, 0.1) is 0 Å². The lowest BCUT2D eigenvalue weighted by Crippen LogP contribution is -2.35. The molecule has 0 radical (unpaired) electrons. The number of carbonyl (C=O) groups excluding carboxylic acids is 1. The predicted molar refractivity (Wildman–Crippen MR) is 107 cm³/mol. The number of imidazole rings is 1. The molecular weight excluding hydrogens is 366 g/mol. The van der Waals surface area contributed by atoms with Gasteiger partial charge in [-0.2, -0.15) is 0 Å². The van der Waals surface area contributed by atoms with Crippen LogP contribution in [0.1, 0.15) is 37.2 Å². The lowest BCUT2D eigenvalue weighted by molar-refractivity contribution is -0.121. The lowest BCUT2D eigenvalue weighted by atomic mass is 10.1. The van der Waals surface area contributed by atoms with Gasteiger partial charge in [0.2, 0.25) is 17.7 Å². The molecule has 1 fully saturated rings. The highest BCUT2D eigenvalue weighted by Gasteiger charge is 2.38. The van der Waals surface area contributed by atoms with Crippen molar-refractivity contribution in [2.45, 2.75) is 38.1 Å². The third kappa shape index (κ3) is 3.89. The second kappa shape index (κ2) is 6.84. The first-order valence-corrected chi connectivity index (χ1v) is 9.72. The van der Waals surface area contributed by atoms with Crippen molar-refractivity contribution in [3.05, 3.63) is 72.3 Å². The van der Waals surface area contributed by atoms with Gasteiger partial charge in [-0.25, -0.2) is 4.98 Å². The minimum Gasteiger partial charge on any atom is -0.424 e. The van der Waals surface area contributed by atoms with E-state index < -0.39 is 0 Å². The smallest absolute Gasteiger partial charge is 0.229 e. The molecule has 0 spiro atoms. The van der Waals surface area contributed by atoms with Gasteiger partial charge in [-0.15, -0.1) is 10.2 Å². The Morgan fingerprint density at radius 2 is 1.86 bits per heavy atom. The Balaban J connectivity index is 1.29. The first-order chi connectivity index (χ1) is 14.1. The molecule has 5 rings (SSSR count). The second-order valence-corrected chi connectivity index (χ2v) is 7.83. The van der Waals surface area contributed by atoms with Crippen molar-refractivity contribution in [1.82, 2.24) is 24.9 Å². The summed E-state index contributed by atoms with van der Waals surface area (Å²) in [4.78, 5) is 16.7. The zero-order valence-electron chi connectivity index (χ0n) is 16.1. The minimum absolute atomic E-state index is 0.0466. The number of hydrogen-bond acceptors (Lipinski definition) is 5. The first kappa shape index (κ1) is 17.6. The van der Waals surface area contributed by atoms with Gasteiger partial charge < -0.3 is 14.1 Å². The standard InChI is InChI=1S/C22H21N5O2/c1-22(9-10-22)24-19(28)12-21-26-25-20(29-21)11-17-14-27-13-16(7-8-18(27)23-17)15-5-3-2-4-6-15/h2-8,13-14H,9-12H2,1H3,(H,24,28). The molecule has 1 aliphatic carbocycles. The van der Waals surface area contributed by atoms with Crippen LogP contribution in [0.4, 0.5) is 0 Å². The topological polar surface area (TPSA) is 85.3 Å². The normalized spacial score (nSPS) is 14.8. The average molecular weight is 387 g/mol. The molecule has 1 aromatic carbocycles. The van der Waals surface area contributed by atoms with Gasteiger partial charge in [0.15, 0.2) is 0 Å². The molecule has 7 nitrogen and oxygen atoms in total. The van der Waals surface area contributed by atoms with Crippen molar-refractivity contribution in [3.63, 3.8) is 0 Å². The summed E-state index contributed by atoms with van der Waals surface area (Å²) in [5.74, 6) is 0.704. The molecular formula is C22H21N5O2. The van der Waals surface area contributed by atoms with Crippen LogP contribution in [0.3, 0.4) is 0 Å². The fourth-order valence-corrected chi connectivity index (χ4v) is 3.35. The van der Waals surface area contributed by atoms with E-state index in [0.717, 1.165) is 35.3 Å². The maximum atomic E-state index is 12.0. The highest BCUT2D eigenvalue weighted by Crippen LogP contribution is 2.34. The quantitative estimate of drug-likeness (QED) is 0.549. The van der Waals surface area contributed by atoms with E-state index in [4.69, 9.17) is 4.42 Å². The maximum Gasteiger partial charge on any atom is 0.229 e. The molecule has 1 saturated carbocycles. The van der Waals surface area contributed by atoms with Crippen molar-refractivity contribution in [2.24, 2.45) is 0 Å². The second-order valence-electron chi connectivity index (χ2n) is 7.83. The number of aromatic nitrogens is 4. The molecule has 146 valence electrons. The van der Waals surface area contributed by atoms with Crippen LogP contribution in [0.2, 0.25) is 0 Å². The number of carbonyl (C=O) groups is 1. The number of hydrogen-bond donors (Lipinski definition) is 1. The molecule has 0 unspecified atom stereocenters. The van der Waals surface area contributed by atoms with E-state index in [1.165, 1.54) is 0 Å². The van der Waals surface area contributed by atoms with E-state index in [-0.39, 0.29) is 17.9 Å². The highest BCUT2D eigenvalue weighted by atomic mass is 16.4. The number of nitrogens with zero attached hydrogens (tertiary/aromatic N) is 4. The third-order valence-corrected chi connectivity index (χ3v) is 5.20. The number of amides is 1. The van der Waals surface area contributed by atoms with E-state index in [1.54, 1.807) is 0 Å². The van der Waals surface area contributed by atoms with Crippen LogP contribution in [0.15, 0.2) is 59.3 Å². The van der Waals surface area contributed by atoms with Gasteiger partial charge >= 0.3 is 0 Å². The molecule has 1 N–H and O–H groups in total. The van der Waals surface area contributed by atoms with Crippen molar-refractivity contribution >= 4 is 11.6 Å². The van der Waals surface area contributed by atoms with E-state index in [0.29, 0.717) is 18.2 Å². The monoisotopic (exact) mass is 387 g/mol. The van der Waals surface area contributed by atoms with Crippen LogP contribution in [0.25, 0.3) is 16.8 Å². The molecule has 1 aliphatic rings. The highest BCUT2D eigenvalue weighted by molar-refractivity contribution is 5.78. The van der Waals surface area contributed by atoms with Crippen LogP contribution in [0.5, 0.6) is 0 Å². The Morgan fingerprint density at radius 1 is 1.07 bits per heavy atom. The molecule has 0 aliphatic heterocycles. The van der Waals surface area contributed by atoms with Gasteiger partial charge in [0, 0.05) is 17.9 Å². The Labute approximate surface area is 167 Å². The van der Waals surface area contributed by atoms with Crippen LogP contribution in [-0.2, 0) is 17.6 Å². The molecule has 3 aromatic heterocycles. The van der Waals surface area contributed by atoms with Gasteiger partial charge in [0.1, 0.15) is 12.1 Å². The average Bonchev–Trinajstić information content (AvgIpc) is 3.10. The molecule has 4 aromatic rings. The zero-order valence-corrected chi connectivity index (χ0v) is 16.1. The van der Waals surface area contributed by atoms with Crippen molar-refractivity contribution in [2.75, 3.05) is 0 Å². The van der Waals surface area contributed by atoms with Crippen LogP contribution < -0.4 is 5.32 Å². The van der Waals surface area contributed by atoms with Gasteiger partial charge in [-0.3, -0.25) is 4.79 Å². The third-order valence-electron chi connectivity index (χ3n) is 5.20. The molecule has 0 saturated heterocycles. The van der Waals surface area contributed by atoms with Crippen LogP contribution >= 0.6 is 0 Å². The van der Waals surface area contributed by atoms with Gasteiger partial charge in [-0.05, 0) is 43.0 Å². The zero-order chi connectivity index (χ0) is 19.8. The summed E-state index contributed by atoms with van der Waals surface area (Å²) in [5, 5.41) is 11.1. The Kier molecular flexibility index (Phi) is 4.16. The summed E-state index contributed by atoms with van der Waals surface area (Å²) in [7, 11) is 0. The fraction of sp³-hybridized carbons (Fsp3) is 0.273. The molecule has 3 heterocycles. The number of benzene rings is 1. The fourth-order valence-electron chi connectivity index (χ4n) is 3.35. The molecule has 0 atom stereocenters. The Morgan fingerprint density at radius 3 is 2.66 bits per heavy atom. The molecule has 7 heteroatoms. The number of nitrogens with one attached hydrogen (secondary N) is 1. The molecule has 0 bridgehead atoms. The Hall–Kier alpha value is -3.48. The SMILES string of the molecule is CC1(NC(=O)Cc2nnc(Cc3cn4cc(-c5ccccc5)ccc4n3)o2)CC1.